The van der Waals surface area contributed by atoms with E-state index in [4.69, 9.17) is 0 Å². The van der Waals surface area contributed by atoms with Gasteiger partial charge in [-0.05, 0) is 42.3 Å². The van der Waals surface area contributed by atoms with Crippen LogP contribution in [0.4, 0.5) is 10.5 Å². The van der Waals surface area contributed by atoms with Gasteiger partial charge in [0.25, 0.3) is 0 Å². The van der Waals surface area contributed by atoms with Gasteiger partial charge in [0, 0.05) is 17.1 Å². The number of hydrogen-bond acceptors (Lipinski definition) is 2. The van der Waals surface area contributed by atoms with Crippen LogP contribution in [0.2, 0.25) is 0 Å². The first-order valence-corrected chi connectivity index (χ1v) is 9.36. The number of nitrogens with one attached hydrogen (secondary N) is 1. The highest BCUT2D eigenvalue weighted by molar-refractivity contribution is 7.10. The van der Waals surface area contributed by atoms with Gasteiger partial charge < -0.3 is 10.2 Å². The van der Waals surface area contributed by atoms with Crippen LogP contribution < -0.4 is 5.32 Å². The molecule has 23 heavy (non-hydrogen) atoms. The van der Waals surface area contributed by atoms with Gasteiger partial charge in [-0.15, -0.1) is 11.3 Å². The van der Waals surface area contributed by atoms with Crippen LogP contribution >= 0.6 is 11.3 Å². The molecule has 1 aliphatic heterocycles. The number of hydrogen-bond donors (Lipinski definition) is 1. The maximum absolute atomic E-state index is 12.9. The van der Waals surface area contributed by atoms with Crippen LogP contribution in [-0.2, 0) is 6.42 Å². The number of aryl methyl sites for hydroxylation is 1. The van der Waals surface area contributed by atoms with Crippen molar-refractivity contribution in [3.63, 3.8) is 0 Å². The van der Waals surface area contributed by atoms with E-state index < -0.39 is 0 Å². The predicted octanol–water partition coefficient (Wildman–Crippen LogP) is 5.46. The number of para-hydroxylation sites is 1. The molecule has 1 aromatic heterocycles. The SMILES string of the molecule is CCc1ccccc1NC(=O)N1CCCCCC1c1cccs1. The minimum atomic E-state index is 0.0335. The Hall–Kier alpha value is -1.81. The van der Waals surface area contributed by atoms with Crippen LogP contribution in [0.3, 0.4) is 0 Å². The van der Waals surface area contributed by atoms with Crippen molar-refractivity contribution in [2.75, 3.05) is 11.9 Å². The average Bonchev–Trinajstić information content (AvgIpc) is 2.99. The van der Waals surface area contributed by atoms with Crippen LogP contribution in [0.15, 0.2) is 41.8 Å². The van der Waals surface area contributed by atoms with Gasteiger partial charge in [0.1, 0.15) is 0 Å². The van der Waals surface area contributed by atoms with E-state index in [1.54, 1.807) is 11.3 Å². The van der Waals surface area contributed by atoms with Crippen molar-refractivity contribution in [2.24, 2.45) is 0 Å². The highest BCUT2D eigenvalue weighted by Gasteiger charge is 2.27. The first-order chi connectivity index (χ1) is 11.3. The van der Waals surface area contributed by atoms with E-state index in [0.29, 0.717) is 0 Å². The lowest BCUT2D eigenvalue weighted by atomic mass is 10.1. The molecule has 4 heteroatoms. The molecule has 1 aromatic carbocycles. The molecule has 122 valence electrons. The van der Waals surface area contributed by atoms with Gasteiger partial charge in [0.15, 0.2) is 0 Å². The molecule has 3 rings (SSSR count). The zero-order chi connectivity index (χ0) is 16.1. The van der Waals surface area contributed by atoms with E-state index in [1.165, 1.54) is 23.3 Å². The normalized spacial score (nSPS) is 18.5. The Labute approximate surface area is 142 Å². The Morgan fingerprint density at radius 3 is 2.87 bits per heavy atom. The van der Waals surface area contributed by atoms with E-state index in [2.05, 4.69) is 35.8 Å². The number of likely N-dealkylation sites (tertiary alicyclic amines) is 1. The topological polar surface area (TPSA) is 32.3 Å². The molecule has 0 aliphatic carbocycles. The molecule has 1 N–H and O–H groups in total. The maximum atomic E-state index is 12.9. The number of urea groups is 1. The lowest BCUT2D eigenvalue weighted by Gasteiger charge is -2.30. The fourth-order valence-electron chi connectivity index (χ4n) is 3.27. The smallest absolute Gasteiger partial charge is 0.317 e. The Balaban J connectivity index is 1.80. The minimum Gasteiger partial charge on any atom is -0.317 e. The van der Waals surface area contributed by atoms with Crippen LogP contribution in [0.1, 0.15) is 49.1 Å². The summed E-state index contributed by atoms with van der Waals surface area (Å²) >= 11 is 1.75. The van der Waals surface area contributed by atoms with Crippen LogP contribution in [0, 0.1) is 0 Å². The first kappa shape index (κ1) is 16.1. The summed E-state index contributed by atoms with van der Waals surface area (Å²) < 4.78 is 0. The van der Waals surface area contributed by atoms with E-state index >= 15 is 0 Å². The van der Waals surface area contributed by atoms with Gasteiger partial charge >= 0.3 is 6.03 Å². The molecule has 0 saturated carbocycles. The van der Waals surface area contributed by atoms with Crippen LogP contribution in [0.25, 0.3) is 0 Å². The van der Waals surface area contributed by atoms with Crippen molar-refractivity contribution in [2.45, 2.75) is 45.1 Å². The number of amides is 2. The maximum Gasteiger partial charge on any atom is 0.322 e. The zero-order valence-electron chi connectivity index (χ0n) is 13.6. The van der Waals surface area contributed by atoms with Crippen molar-refractivity contribution in [3.8, 4) is 0 Å². The van der Waals surface area contributed by atoms with E-state index in [0.717, 1.165) is 31.5 Å². The van der Waals surface area contributed by atoms with Gasteiger partial charge in [0.2, 0.25) is 0 Å². The molecule has 2 heterocycles. The molecule has 3 nitrogen and oxygen atoms in total. The zero-order valence-corrected chi connectivity index (χ0v) is 14.4. The number of carbonyl (C=O) groups excluding carboxylic acids is 1. The molecule has 2 aromatic rings. The van der Waals surface area contributed by atoms with Gasteiger partial charge in [-0.1, -0.05) is 44.0 Å². The number of thiophene rings is 1. The predicted molar refractivity (Wildman–Crippen MR) is 97.1 cm³/mol. The Morgan fingerprint density at radius 1 is 1.22 bits per heavy atom. The Morgan fingerprint density at radius 2 is 2.09 bits per heavy atom. The molecule has 0 spiro atoms. The van der Waals surface area contributed by atoms with Crippen LogP contribution in [0.5, 0.6) is 0 Å². The van der Waals surface area contributed by atoms with E-state index in [9.17, 15) is 4.79 Å². The molecule has 1 fully saturated rings. The summed E-state index contributed by atoms with van der Waals surface area (Å²) in [5.74, 6) is 0. The monoisotopic (exact) mass is 328 g/mol. The summed E-state index contributed by atoms with van der Waals surface area (Å²) in [7, 11) is 0. The van der Waals surface area contributed by atoms with E-state index in [-0.39, 0.29) is 12.1 Å². The average molecular weight is 328 g/mol. The summed E-state index contributed by atoms with van der Waals surface area (Å²) in [5.41, 5.74) is 2.12. The van der Waals surface area contributed by atoms with Crippen molar-refractivity contribution >= 4 is 23.1 Å². The summed E-state index contributed by atoms with van der Waals surface area (Å²) in [4.78, 5) is 16.2. The summed E-state index contributed by atoms with van der Waals surface area (Å²) in [6.45, 7) is 2.95. The summed E-state index contributed by atoms with van der Waals surface area (Å²) in [5, 5.41) is 5.24. The van der Waals surface area contributed by atoms with Crippen molar-refractivity contribution in [1.82, 2.24) is 4.90 Å². The third-order valence-electron chi connectivity index (χ3n) is 4.53. The fourth-order valence-corrected chi connectivity index (χ4v) is 4.14. The lowest BCUT2D eigenvalue weighted by Crippen LogP contribution is -2.38. The second kappa shape index (κ2) is 7.64. The lowest BCUT2D eigenvalue weighted by molar-refractivity contribution is 0.190. The van der Waals surface area contributed by atoms with Crippen molar-refractivity contribution < 1.29 is 4.79 Å². The molecule has 1 atom stereocenters. The first-order valence-electron chi connectivity index (χ1n) is 8.48. The molecule has 1 unspecified atom stereocenters. The molecule has 0 radical (unpaired) electrons. The number of benzene rings is 1. The molecule has 1 saturated heterocycles. The van der Waals surface area contributed by atoms with Crippen LogP contribution in [-0.4, -0.2) is 17.5 Å². The molecule has 1 aliphatic rings. The van der Waals surface area contributed by atoms with Gasteiger partial charge in [0.05, 0.1) is 6.04 Å². The van der Waals surface area contributed by atoms with E-state index in [1.807, 2.05) is 23.1 Å². The number of carbonyl (C=O) groups is 1. The third-order valence-corrected chi connectivity index (χ3v) is 5.50. The largest absolute Gasteiger partial charge is 0.322 e. The molecule has 0 bridgehead atoms. The quantitative estimate of drug-likeness (QED) is 0.797. The number of nitrogens with zero attached hydrogens (tertiary/aromatic N) is 1. The Bertz CT molecular complexity index is 639. The second-order valence-electron chi connectivity index (χ2n) is 6.01. The van der Waals surface area contributed by atoms with Crippen molar-refractivity contribution in [3.05, 3.63) is 52.2 Å². The summed E-state index contributed by atoms with van der Waals surface area (Å²) in [6, 6.07) is 12.6. The van der Waals surface area contributed by atoms with Gasteiger partial charge in [-0.25, -0.2) is 4.79 Å². The van der Waals surface area contributed by atoms with Gasteiger partial charge in [-0.2, -0.15) is 0 Å². The number of anilines is 1. The highest BCUT2D eigenvalue weighted by atomic mass is 32.1. The second-order valence-corrected chi connectivity index (χ2v) is 6.99. The minimum absolute atomic E-state index is 0.0335. The molecular formula is C19H24N2OS. The standard InChI is InChI=1S/C19H24N2OS/c1-2-15-9-5-6-10-16(15)20-19(22)21-13-7-3-4-11-17(21)18-12-8-14-23-18/h5-6,8-10,12,14,17H,2-4,7,11,13H2,1H3,(H,20,22). The molecule has 2 amide bonds. The number of rotatable bonds is 3. The van der Waals surface area contributed by atoms with Crippen molar-refractivity contribution in [1.29, 1.82) is 0 Å². The highest BCUT2D eigenvalue weighted by Crippen LogP contribution is 2.33. The fraction of sp³-hybridized carbons (Fsp3) is 0.421. The third kappa shape index (κ3) is 3.75. The summed E-state index contributed by atoms with van der Waals surface area (Å²) in [6.07, 6.45) is 5.47. The van der Waals surface area contributed by atoms with Gasteiger partial charge in [-0.3, -0.25) is 0 Å². The molecular weight excluding hydrogens is 304 g/mol. The Kier molecular flexibility index (Phi) is 5.34.